The average molecular weight is 971 g/mol. The van der Waals surface area contributed by atoms with Crippen LogP contribution in [-0.2, 0) is 22.7 Å². The van der Waals surface area contributed by atoms with Gasteiger partial charge in [0.2, 0.25) is 0 Å². The third kappa shape index (κ3) is 6.43. The van der Waals surface area contributed by atoms with Crippen LogP contribution in [0.1, 0.15) is 83.3 Å². The summed E-state index contributed by atoms with van der Waals surface area (Å²) < 4.78 is 0. The molecule has 15 rings (SSSR count). The predicted octanol–water partition coefficient (Wildman–Crippen LogP) is 19.9. The van der Waals surface area contributed by atoms with Crippen LogP contribution in [0.4, 0.5) is 0 Å². The van der Waals surface area contributed by atoms with Crippen molar-refractivity contribution in [2.75, 3.05) is 0 Å². The van der Waals surface area contributed by atoms with Gasteiger partial charge in [-0.2, -0.15) is 0 Å². The second-order valence-electron chi connectivity index (χ2n) is 23.3. The highest BCUT2D eigenvalue weighted by atomic mass is 14.5. The smallest absolute Gasteiger partial charge is 0.0442 e. The zero-order valence-corrected chi connectivity index (χ0v) is 44.1. The molecule has 0 aliphatic heterocycles. The molecule has 0 nitrogen and oxygen atoms in total. The summed E-state index contributed by atoms with van der Waals surface area (Å²) in [6.45, 7) is 14.3. The lowest BCUT2D eigenvalue weighted by molar-refractivity contribution is 0.581. The van der Waals surface area contributed by atoms with Crippen LogP contribution in [0.15, 0.2) is 231 Å². The fourth-order valence-corrected chi connectivity index (χ4v) is 14.6. The van der Waals surface area contributed by atoms with E-state index in [1.165, 1.54) is 155 Å². The van der Waals surface area contributed by atoms with Gasteiger partial charge >= 0.3 is 0 Å². The Morgan fingerprint density at radius 3 is 1.55 bits per heavy atom. The first-order valence-corrected chi connectivity index (χ1v) is 27.3. The second-order valence-corrected chi connectivity index (χ2v) is 23.3. The summed E-state index contributed by atoms with van der Waals surface area (Å²) in [6, 6.07) is 88.7. The molecule has 2 unspecified atom stereocenters. The van der Waals surface area contributed by atoms with E-state index >= 15 is 0 Å². The summed E-state index contributed by atoms with van der Waals surface area (Å²) >= 11 is 0. The highest BCUT2D eigenvalue weighted by Gasteiger charge is 2.49. The summed E-state index contributed by atoms with van der Waals surface area (Å²) in [5.74, 6) is 0. The van der Waals surface area contributed by atoms with Gasteiger partial charge in [0.25, 0.3) is 0 Å². The van der Waals surface area contributed by atoms with Crippen molar-refractivity contribution in [1.82, 2.24) is 0 Å². The Morgan fingerprint density at radius 2 is 0.789 bits per heavy atom. The first-order valence-electron chi connectivity index (χ1n) is 27.3. The number of hydrogen-bond donors (Lipinski definition) is 0. The first-order chi connectivity index (χ1) is 37.0. The summed E-state index contributed by atoms with van der Waals surface area (Å²) in [6.07, 6.45) is 0.856. The Labute approximate surface area is 447 Å². The SMILES string of the molecule is Cc1ccc2cc(-c3ccc4c(c3)-c3ccccc3C4(C)c3cc(-c4ccc5ccccc5c4)cc4c3-c3ccccc3C4(C)Cc3cccc4c3-c3cccc(-c5ccc6cc(C)ccc6c5)c3C4(C)C)ccc2c1. The maximum Gasteiger partial charge on any atom is 0.0442 e. The quantitative estimate of drug-likeness (QED) is 0.156. The molecule has 0 heteroatoms. The zero-order valence-electron chi connectivity index (χ0n) is 44.1. The second kappa shape index (κ2) is 16.2. The molecule has 0 bridgehead atoms. The Balaban J connectivity index is 0.938. The van der Waals surface area contributed by atoms with Crippen molar-refractivity contribution in [1.29, 1.82) is 0 Å². The molecule has 3 aliphatic carbocycles. The Morgan fingerprint density at radius 1 is 0.289 bits per heavy atom. The molecule has 0 saturated heterocycles. The van der Waals surface area contributed by atoms with Gasteiger partial charge in [0.05, 0.1) is 0 Å². The summed E-state index contributed by atoms with van der Waals surface area (Å²) in [7, 11) is 0. The molecule has 76 heavy (non-hydrogen) atoms. The van der Waals surface area contributed by atoms with Crippen molar-refractivity contribution in [2.45, 2.75) is 64.2 Å². The Bertz CT molecular complexity index is 4460. The van der Waals surface area contributed by atoms with Gasteiger partial charge in [0.15, 0.2) is 0 Å². The topological polar surface area (TPSA) is 0 Å². The van der Waals surface area contributed by atoms with Crippen molar-refractivity contribution >= 4 is 32.3 Å². The first kappa shape index (κ1) is 44.9. The summed E-state index contributed by atoms with van der Waals surface area (Å²) in [4.78, 5) is 0. The lowest BCUT2D eigenvalue weighted by Crippen LogP contribution is -2.27. The number of rotatable bonds is 6. The molecule has 0 amide bonds. The highest BCUT2D eigenvalue weighted by molar-refractivity contribution is 5.97. The van der Waals surface area contributed by atoms with Gasteiger partial charge < -0.3 is 0 Å². The van der Waals surface area contributed by atoms with Crippen LogP contribution < -0.4 is 0 Å². The van der Waals surface area contributed by atoms with Crippen LogP contribution in [0.25, 0.3) is 99.1 Å². The fraction of sp³-hybridized carbons (Fsp3) is 0.132. The van der Waals surface area contributed by atoms with Gasteiger partial charge in [-0.05, 0) is 207 Å². The van der Waals surface area contributed by atoms with Crippen LogP contribution in [0.2, 0.25) is 0 Å². The van der Waals surface area contributed by atoms with Crippen LogP contribution in [0.5, 0.6) is 0 Å². The lowest BCUT2D eigenvalue weighted by atomic mass is 9.69. The van der Waals surface area contributed by atoms with Crippen LogP contribution >= 0.6 is 0 Å². The van der Waals surface area contributed by atoms with E-state index in [1.54, 1.807) is 0 Å². The van der Waals surface area contributed by atoms with E-state index < -0.39 is 5.41 Å². The van der Waals surface area contributed by atoms with Crippen LogP contribution in [-0.4, -0.2) is 0 Å². The Hall–Kier alpha value is -8.58. The molecule has 12 aromatic carbocycles. The minimum absolute atomic E-state index is 0.201. The van der Waals surface area contributed by atoms with Crippen LogP contribution in [0, 0.1) is 13.8 Å². The van der Waals surface area contributed by atoms with Gasteiger partial charge in [-0.3, -0.25) is 0 Å². The molecule has 12 aromatic rings. The van der Waals surface area contributed by atoms with Crippen molar-refractivity contribution in [3.05, 3.63) is 286 Å². The molecule has 3 aliphatic rings. The average Bonchev–Trinajstić information content (AvgIpc) is 3.97. The molecule has 0 fully saturated rings. The predicted molar refractivity (Wildman–Crippen MR) is 322 cm³/mol. The van der Waals surface area contributed by atoms with Gasteiger partial charge in [0, 0.05) is 16.2 Å². The molecule has 0 heterocycles. The van der Waals surface area contributed by atoms with E-state index in [2.05, 4.69) is 272 Å². The number of aryl methyl sites for hydroxylation is 2. The number of benzene rings is 12. The summed E-state index contributed by atoms with van der Waals surface area (Å²) in [5.41, 5.74) is 28.4. The number of fused-ring (bicyclic) bond motifs is 12. The largest absolute Gasteiger partial charge is 0.0619 e. The molecule has 362 valence electrons. The van der Waals surface area contributed by atoms with Gasteiger partial charge in [-0.25, -0.2) is 0 Å². The molecular formula is C76H58. The standard InChI is InChI=1S/C76H58/c1-46-25-27-52-40-54(32-31-50(52)37-46)56-35-36-67-64(42-56)61-18-9-12-23-66(61)76(67,6)70-44-59(55-30-29-48-15-7-8-16-49(48)39-55)43-69-72(70)62-19-10-11-22-65(62)75(69,5)45-58-17-13-24-68-71(58)63-21-14-20-60(73(63)74(68,3)4)57-34-33-51-38-47(2)26-28-53(51)41-57/h7-44H,45H2,1-6H3. The molecule has 0 N–H and O–H groups in total. The van der Waals surface area contributed by atoms with Crippen molar-refractivity contribution in [2.24, 2.45) is 0 Å². The van der Waals surface area contributed by atoms with Gasteiger partial charge in [-0.1, -0.05) is 226 Å². The monoisotopic (exact) mass is 970 g/mol. The molecular weight excluding hydrogens is 913 g/mol. The maximum atomic E-state index is 2.58. The van der Waals surface area contributed by atoms with Gasteiger partial charge in [-0.15, -0.1) is 0 Å². The maximum absolute atomic E-state index is 2.58. The van der Waals surface area contributed by atoms with E-state index in [4.69, 9.17) is 0 Å². The molecule has 2 atom stereocenters. The van der Waals surface area contributed by atoms with E-state index in [1.807, 2.05) is 0 Å². The van der Waals surface area contributed by atoms with Gasteiger partial charge in [0.1, 0.15) is 0 Å². The molecule has 0 saturated carbocycles. The number of hydrogen-bond acceptors (Lipinski definition) is 0. The normalized spacial score (nSPS) is 17.3. The minimum Gasteiger partial charge on any atom is -0.0619 e. The minimum atomic E-state index is -0.463. The van der Waals surface area contributed by atoms with E-state index in [0.29, 0.717) is 0 Å². The zero-order chi connectivity index (χ0) is 51.2. The third-order valence-corrected chi connectivity index (χ3v) is 18.4. The van der Waals surface area contributed by atoms with Crippen LogP contribution in [0.3, 0.4) is 0 Å². The highest BCUT2D eigenvalue weighted by Crippen LogP contribution is 2.62. The molecule has 0 radical (unpaired) electrons. The van der Waals surface area contributed by atoms with Crippen molar-refractivity contribution in [3.8, 4) is 66.8 Å². The van der Waals surface area contributed by atoms with Crippen molar-refractivity contribution < 1.29 is 0 Å². The van der Waals surface area contributed by atoms with E-state index in [0.717, 1.165) is 6.42 Å². The molecule has 0 spiro atoms. The summed E-state index contributed by atoms with van der Waals surface area (Å²) in [5, 5.41) is 7.63. The Kier molecular flexibility index (Phi) is 9.57. The van der Waals surface area contributed by atoms with E-state index in [-0.39, 0.29) is 10.8 Å². The van der Waals surface area contributed by atoms with E-state index in [9.17, 15) is 0 Å². The third-order valence-electron chi connectivity index (χ3n) is 18.4. The molecule has 0 aromatic heterocycles. The fourth-order valence-electron chi connectivity index (χ4n) is 14.6. The van der Waals surface area contributed by atoms with Crippen molar-refractivity contribution in [3.63, 3.8) is 0 Å². The lowest BCUT2D eigenvalue weighted by Gasteiger charge is -2.33.